The number of amides is 1. The van der Waals surface area contributed by atoms with Gasteiger partial charge >= 0.3 is 0 Å². The highest BCUT2D eigenvalue weighted by Gasteiger charge is 2.19. The molecule has 1 N–H and O–H groups in total. The van der Waals surface area contributed by atoms with Crippen molar-refractivity contribution in [2.75, 3.05) is 45.2 Å². The van der Waals surface area contributed by atoms with Crippen molar-refractivity contribution < 1.29 is 9.53 Å². The van der Waals surface area contributed by atoms with Gasteiger partial charge in [0.15, 0.2) is 0 Å². The number of methoxy groups -OCH3 is 1. The zero-order valence-corrected chi connectivity index (χ0v) is 16.4. The van der Waals surface area contributed by atoms with Crippen molar-refractivity contribution in [1.29, 1.82) is 0 Å². The Balaban J connectivity index is 1.43. The van der Waals surface area contributed by atoms with Crippen molar-refractivity contribution in [3.8, 4) is 5.88 Å². The highest BCUT2D eigenvalue weighted by molar-refractivity contribution is 9.10. The number of benzene rings is 1. The molecule has 1 saturated heterocycles. The minimum atomic E-state index is 0.0274. The summed E-state index contributed by atoms with van der Waals surface area (Å²) >= 11 is 3.39. The van der Waals surface area contributed by atoms with Crippen LogP contribution in [0.4, 0.5) is 5.69 Å². The van der Waals surface area contributed by atoms with Gasteiger partial charge in [-0.1, -0.05) is 15.9 Å². The molecule has 1 aliphatic rings. The molecule has 0 radical (unpaired) electrons. The van der Waals surface area contributed by atoms with Gasteiger partial charge < -0.3 is 10.1 Å². The van der Waals surface area contributed by atoms with Gasteiger partial charge in [0, 0.05) is 55.1 Å². The number of hydrogen-bond acceptors (Lipinski definition) is 5. The van der Waals surface area contributed by atoms with Crippen LogP contribution < -0.4 is 10.1 Å². The predicted octanol–water partition coefficient (Wildman–Crippen LogP) is 2.61. The van der Waals surface area contributed by atoms with Gasteiger partial charge in [-0.2, -0.15) is 0 Å². The second-order valence-electron chi connectivity index (χ2n) is 6.31. The molecule has 1 aromatic heterocycles. The molecule has 1 fully saturated rings. The van der Waals surface area contributed by atoms with Crippen LogP contribution in [-0.4, -0.2) is 60.5 Å². The third-order valence-corrected chi connectivity index (χ3v) is 4.90. The Morgan fingerprint density at radius 3 is 2.54 bits per heavy atom. The number of carbonyl (C=O) groups is 1. The van der Waals surface area contributed by atoms with Crippen molar-refractivity contribution in [2.24, 2.45) is 0 Å². The fourth-order valence-corrected chi connectivity index (χ4v) is 3.23. The molecule has 26 heavy (non-hydrogen) atoms. The lowest BCUT2D eigenvalue weighted by Crippen LogP contribution is -2.48. The lowest BCUT2D eigenvalue weighted by Gasteiger charge is -2.34. The topological polar surface area (TPSA) is 57.7 Å². The maximum absolute atomic E-state index is 12.2. The molecule has 1 amide bonds. The number of nitrogens with zero attached hydrogens (tertiary/aromatic N) is 3. The number of halogens is 1. The first-order valence-electron chi connectivity index (χ1n) is 8.61. The number of carbonyl (C=O) groups excluding carboxylic acids is 1. The normalized spacial score (nSPS) is 15.6. The van der Waals surface area contributed by atoms with E-state index in [2.05, 4.69) is 36.0 Å². The van der Waals surface area contributed by atoms with E-state index in [1.165, 1.54) is 5.56 Å². The second kappa shape index (κ2) is 9.12. The predicted molar refractivity (Wildman–Crippen MR) is 105 cm³/mol. The van der Waals surface area contributed by atoms with Crippen molar-refractivity contribution >= 4 is 27.5 Å². The number of aromatic nitrogens is 1. The molecular formula is C19H23BrN4O2. The van der Waals surface area contributed by atoms with Crippen LogP contribution in [0.1, 0.15) is 5.56 Å². The van der Waals surface area contributed by atoms with Crippen LogP contribution in [0.15, 0.2) is 47.1 Å². The standard InChI is InChI=1S/C19H23BrN4O2/c1-26-19-12-15(6-7-21-19)13-23-8-10-24(11-9-23)14-18(25)22-17-4-2-16(20)3-5-17/h2-7,12H,8-11,13-14H2,1H3,(H,22,25). The number of ether oxygens (including phenoxy) is 1. The monoisotopic (exact) mass is 418 g/mol. The van der Waals surface area contributed by atoms with Crippen molar-refractivity contribution in [2.45, 2.75) is 6.54 Å². The summed E-state index contributed by atoms with van der Waals surface area (Å²) in [6, 6.07) is 11.6. The molecule has 0 spiro atoms. The first kappa shape index (κ1) is 18.8. The highest BCUT2D eigenvalue weighted by atomic mass is 79.9. The lowest BCUT2D eigenvalue weighted by atomic mass is 10.2. The Kier molecular flexibility index (Phi) is 6.60. The van der Waals surface area contributed by atoms with Crippen molar-refractivity contribution in [1.82, 2.24) is 14.8 Å². The van der Waals surface area contributed by atoms with Crippen molar-refractivity contribution in [3.63, 3.8) is 0 Å². The maximum Gasteiger partial charge on any atom is 0.238 e. The molecule has 6 nitrogen and oxygen atoms in total. The Labute approximate surface area is 162 Å². The van der Waals surface area contributed by atoms with Crippen LogP contribution >= 0.6 is 15.9 Å². The number of rotatable bonds is 6. The fraction of sp³-hybridized carbons (Fsp3) is 0.368. The van der Waals surface area contributed by atoms with E-state index in [9.17, 15) is 4.79 Å². The van der Waals surface area contributed by atoms with Gasteiger partial charge in [-0.15, -0.1) is 0 Å². The first-order chi connectivity index (χ1) is 12.6. The van der Waals surface area contributed by atoms with Gasteiger partial charge in [0.25, 0.3) is 0 Å². The number of anilines is 1. The molecule has 0 bridgehead atoms. The van der Waals surface area contributed by atoms with Gasteiger partial charge in [-0.05, 0) is 35.9 Å². The van der Waals surface area contributed by atoms with E-state index in [1.54, 1.807) is 13.3 Å². The summed E-state index contributed by atoms with van der Waals surface area (Å²) in [5.74, 6) is 0.672. The lowest BCUT2D eigenvalue weighted by molar-refractivity contribution is -0.117. The summed E-state index contributed by atoms with van der Waals surface area (Å²) in [6.45, 7) is 4.95. The molecule has 0 atom stereocenters. The third-order valence-electron chi connectivity index (χ3n) is 4.37. The summed E-state index contributed by atoms with van der Waals surface area (Å²) in [4.78, 5) is 20.9. The molecule has 0 unspecified atom stereocenters. The molecule has 2 heterocycles. The van der Waals surface area contributed by atoms with E-state index < -0.39 is 0 Å². The molecule has 7 heteroatoms. The number of piperazine rings is 1. The van der Waals surface area contributed by atoms with Gasteiger partial charge in [0.05, 0.1) is 13.7 Å². The molecule has 3 rings (SSSR count). The minimum absolute atomic E-state index is 0.0274. The zero-order valence-electron chi connectivity index (χ0n) is 14.8. The first-order valence-corrected chi connectivity index (χ1v) is 9.41. The number of pyridine rings is 1. The van der Waals surface area contributed by atoms with E-state index >= 15 is 0 Å². The molecule has 1 aromatic carbocycles. The molecular weight excluding hydrogens is 396 g/mol. The summed E-state index contributed by atoms with van der Waals surface area (Å²) in [5.41, 5.74) is 2.02. The quantitative estimate of drug-likeness (QED) is 0.780. The Morgan fingerprint density at radius 2 is 1.85 bits per heavy atom. The Hall–Kier alpha value is -1.96. The summed E-state index contributed by atoms with van der Waals surface area (Å²) in [6.07, 6.45) is 1.77. The van der Waals surface area contributed by atoms with Gasteiger partial charge in [0.2, 0.25) is 11.8 Å². The van der Waals surface area contributed by atoms with Crippen LogP contribution in [0.2, 0.25) is 0 Å². The van der Waals surface area contributed by atoms with Crippen LogP contribution in [0.25, 0.3) is 0 Å². The number of nitrogens with one attached hydrogen (secondary N) is 1. The summed E-state index contributed by atoms with van der Waals surface area (Å²) in [5, 5.41) is 2.94. The van der Waals surface area contributed by atoms with Gasteiger partial charge in [-0.25, -0.2) is 4.98 Å². The zero-order chi connectivity index (χ0) is 18.4. The largest absolute Gasteiger partial charge is 0.481 e. The van der Waals surface area contributed by atoms with Crippen LogP contribution in [0.5, 0.6) is 5.88 Å². The van der Waals surface area contributed by atoms with Crippen molar-refractivity contribution in [3.05, 3.63) is 52.6 Å². The van der Waals surface area contributed by atoms with Gasteiger partial charge in [-0.3, -0.25) is 14.6 Å². The highest BCUT2D eigenvalue weighted by Crippen LogP contribution is 2.15. The fourth-order valence-electron chi connectivity index (χ4n) is 2.96. The Morgan fingerprint density at radius 1 is 1.15 bits per heavy atom. The van der Waals surface area contributed by atoms with Crippen LogP contribution in [0.3, 0.4) is 0 Å². The molecule has 138 valence electrons. The van der Waals surface area contributed by atoms with E-state index in [-0.39, 0.29) is 5.91 Å². The number of hydrogen-bond donors (Lipinski definition) is 1. The van der Waals surface area contributed by atoms with E-state index in [0.29, 0.717) is 12.4 Å². The average molecular weight is 419 g/mol. The average Bonchev–Trinajstić information content (AvgIpc) is 2.65. The van der Waals surface area contributed by atoms with E-state index in [4.69, 9.17) is 4.74 Å². The van der Waals surface area contributed by atoms with Gasteiger partial charge in [0.1, 0.15) is 0 Å². The summed E-state index contributed by atoms with van der Waals surface area (Å²) < 4.78 is 6.17. The second-order valence-corrected chi connectivity index (χ2v) is 7.23. The molecule has 0 saturated carbocycles. The third kappa shape index (κ3) is 5.52. The maximum atomic E-state index is 12.2. The minimum Gasteiger partial charge on any atom is -0.481 e. The van der Waals surface area contributed by atoms with E-state index in [1.807, 2.05) is 36.4 Å². The Bertz CT molecular complexity index is 731. The smallest absolute Gasteiger partial charge is 0.238 e. The molecule has 1 aliphatic heterocycles. The molecule has 0 aliphatic carbocycles. The molecule has 2 aromatic rings. The van der Waals surface area contributed by atoms with Crippen LogP contribution in [-0.2, 0) is 11.3 Å². The van der Waals surface area contributed by atoms with Crippen LogP contribution in [0, 0.1) is 0 Å². The SMILES string of the molecule is COc1cc(CN2CCN(CC(=O)Nc3ccc(Br)cc3)CC2)ccn1. The van der Waals surface area contributed by atoms with E-state index in [0.717, 1.165) is 42.9 Å². The summed E-state index contributed by atoms with van der Waals surface area (Å²) in [7, 11) is 1.63.